The van der Waals surface area contributed by atoms with Gasteiger partial charge in [-0.1, -0.05) is 6.92 Å². The first-order valence-corrected chi connectivity index (χ1v) is 7.41. The van der Waals surface area contributed by atoms with Crippen molar-refractivity contribution < 1.29 is 18.7 Å². The Balaban J connectivity index is 2.49. The molecule has 0 aromatic rings. The molecule has 0 spiro atoms. The van der Waals surface area contributed by atoms with Crippen LogP contribution >= 0.6 is 11.8 Å². The number of likely N-dealkylation sites (tertiary alicyclic amines) is 1. The van der Waals surface area contributed by atoms with Crippen LogP contribution in [0.1, 0.15) is 26.7 Å². The van der Waals surface area contributed by atoms with Gasteiger partial charge < -0.3 is 5.11 Å². The topological polar surface area (TPSA) is 40.5 Å². The highest BCUT2D eigenvalue weighted by Crippen LogP contribution is 2.33. The predicted octanol–water partition coefficient (Wildman–Crippen LogP) is 2.56. The van der Waals surface area contributed by atoms with Crippen molar-refractivity contribution in [1.82, 2.24) is 4.90 Å². The van der Waals surface area contributed by atoms with Crippen molar-refractivity contribution in [3.05, 3.63) is 0 Å². The van der Waals surface area contributed by atoms with E-state index in [-0.39, 0.29) is 30.7 Å². The minimum atomic E-state index is -2.64. The number of piperidine rings is 1. The molecule has 6 heteroatoms. The Labute approximate surface area is 111 Å². The van der Waals surface area contributed by atoms with Crippen LogP contribution in [0.4, 0.5) is 8.78 Å². The van der Waals surface area contributed by atoms with Gasteiger partial charge in [-0.3, -0.25) is 9.69 Å². The number of alkyl halides is 2. The van der Waals surface area contributed by atoms with E-state index in [1.54, 1.807) is 0 Å². The Morgan fingerprint density at radius 1 is 1.61 bits per heavy atom. The van der Waals surface area contributed by atoms with Crippen LogP contribution < -0.4 is 0 Å². The van der Waals surface area contributed by atoms with Crippen LogP contribution in [0, 0.1) is 5.92 Å². The summed E-state index contributed by atoms with van der Waals surface area (Å²) in [4.78, 5) is 12.2. The quantitative estimate of drug-likeness (QED) is 0.812. The van der Waals surface area contributed by atoms with Crippen LogP contribution in [0.2, 0.25) is 0 Å². The van der Waals surface area contributed by atoms with Gasteiger partial charge in [0.1, 0.15) is 0 Å². The summed E-state index contributed by atoms with van der Waals surface area (Å²) in [5.74, 6) is -3.16. The van der Waals surface area contributed by atoms with Crippen molar-refractivity contribution in [2.24, 2.45) is 5.92 Å². The van der Waals surface area contributed by atoms with Crippen LogP contribution in [0.15, 0.2) is 0 Å². The average molecular weight is 281 g/mol. The SMILES string of the molecule is CCC(C)N1CC(CSCC(=O)O)CC(F)(F)C1. The predicted molar refractivity (Wildman–Crippen MR) is 69.3 cm³/mol. The first kappa shape index (κ1) is 15.7. The molecule has 0 saturated carbocycles. The number of rotatable bonds is 6. The number of nitrogens with zero attached hydrogens (tertiary/aromatic N) is 1. The summed E-state index contributed by atoms with van der Waals surface area (Å²) < 4.78 is 27.2. The zero-order chi connectivity index (χ0) is 13.8. The number of hydrogen-bond donors (Lipinski definition) is 1. The lowest BCUT2D eigenvalue weighted by Gasteiger charge is -2.40. The molecule has 18 heavy (non-hydrogen) atoms. The Morgan fingerprint density at radius 3 is 2.83 bits per heavy atom. The number of carboxylic acid groups (broad SMARTS) is 1. The van der Waals surface area contributed by atoms with Gasteiger partial charge >= 0.3 is 5.97 Å². The molecule has 1 rings (SSSR count). The monoisotopic (exact) mass is 281 g/mol. The second-order valence-electron chi connectivity index (χ2n) is 5.02. The summed E-state index contributed by atoms with van der Waals surface area (Å²) in [6.07, 6.45) is 0.734. The number of halogens is 2. The lowest BCUT2D eigenvalue weighted by atomic mass is 9.95. The molecule has 0 radical (unpaired) electrons. The minimum absolute atomic E-state index is 0.00853. The summed E-state index contributed by atoms with van der Waals surface area (Å²) >= 11 is 1.23. The molecule has 3 nitrogen and oxygen atoms in total. The maximum absolute atomic E-state index is 13.6. The van der Waals surface area contributed by atoms with Crippen LogP contribution in [-0.4, -0.2) is 52.5 Å². The highest BCUT2D eigenvalue weighted by Gasteiger charge is 2.41. The van der Waals surface area contributed by atoms with E-state index in [1.807, 2.05) is 18.7 Å². The van der Waals surface area contributed by atoms with E-state index >= 15 is 0 Å². The number of thioether (sulfide) groups is 1. The zero-order valence-electron chi connectivity index (χ0n) is 10.9. The fourth-order valence-corrected chi connectivity index (χ4v) is 3.11. The highest BCUT2D eigenvalue weighted by atomic mass is 32.2. The second-order valence-corrected chi connectivity index (χ2v) is 6.05. The summed E-state index contributed by atoms with van der Waals surface area (Å²) in [6, 6.07) is 0.156. The Hall–Kier alpha value is -0.360. The summed E-state index contributed by atoms with van der Waals surface area (Å²) in [5.41, 5.74) is 0. The molecule has 2 unspecified atom stereocenters. The lowest BCUT2D eigenvalue weighted by molar-refractivity contribution is -0.133. The van der Waals surface area contributed by atoms with Crippen LogP contribution in [0.5, 0.6) is 0 Å². The van der Waals surface area contributed by atoms with E-state index in [1.165, 1.54) is 11.8 Å². The summed E-state index contributed by atoms with van der Waals surface area (Å²) in [6.45, 7) is 4.44. The third-order valence-corrected chi connectivity index (χ3v) is 4.47. The number of hydrogen-bond acceptors (Lipinski definition) is 3. The van der Waals surface area contributed by atoms with Crippen molar-refractivity contribution >= 4 is 17.7 Å². The first-order valence-electron chi connectivity index (χ1n) is 6.25. The standard InChI is InChI=1S/C12H21F2NO2S/c1-3-9(2)15-5-10(4-12(13,14)8-15)6-18-7-11(16)17/h9-10H,3-8H2,1-2H3,(H,16,17). The summed E-state index contributed by atoms with van der Waals surface area (Å²) in [5, 5.41) is 8.54. The lowest BCUT2D eigenvalue weighted by Crippen LogP contribution is -2.50. The van der Waals surface area contributed by atoms with E-state index < -0.39 is 11.9 Å². The molecule has 0 amide bonds. The molecular formula is C12H21F2NO2S. The van der Waals surface area contributed by atoms with Crippen molar-refractivity contribution in [2.75, 3.05) is 24.6 Å². The fourth-order valence-electron chi connectivity index (χ4n) is 2.26. The van der Waals surface area contributed by atoms with Gasteiger partial charge in [0, 0.05) is 19.0 Å². The number of carbonyl (C=O) groups is 1. The van der Waals surface area contributed by atoms with E-state index in [4.69, 9.17) is 5.11 Å². The van der Waals surface area contributed by atoms with E-state index in [0.29, 0.717) is 12.3 Å². The van der Waals surface area contributed by atoms with Gasteiger partial charge in [0.05, 0.1) is 12.3 Å². The van der Waals surface area contributed by atoms with Gasteiger partial charge in [-0.25, -0.2) is 8.78 Å². The van der Waals surface area contributed by atoms with Crippen molar-refractivity contribution in [3.8, 4) is 0 Å². The van der Waals surface area contributed by atoms with Crippen molar-refractivity contribution in [3.63, 3.8) is 0 Å². The Kier molecular flexibility index (Phi) is 5.85. The Morgan fingerprint density at radius 2 is 2.28 bits per heavy atom. The second kappa shape index (κ2) is 6.70. The van der Waals surface area contributed by atoms with E-state index in [9.17, 15) is 13.6 Å². The smallest absolute Gasteiger partial charge is 0.313 e. The molecule has 1 aliphatic heterocycles. The van der Waals surface area contributed by atoms with Crippen LogP contribution in [0.25, 0.3) is 0 Å². The molecule has 106 valence electrons. The normalized spacial score (nSPS) is 25.9. The van der Waals surface area contributed by atoms with E-state index in [2.05, 4.69) is 0 Å². The molecule has 0 aliphatic carbocycles. The largest absolute Gasteiger partial charge is 0.481 e. The maximum Gasteiger partial charge on any atom is 0.313 e. The minimum Gasteiger partial charge on any atom is -0.481 e. The first-order chi connectivity index (χ1) is 8.34. The molecular weight excluding hydrogens is 260 g/mol. The molecule has 0 bridgehead atoms. The van der Waals surface area contributed by atoms with Crippen LogP contribution in [-0.2, 0) is 4.79 Å². The number of carboxylic acids is 1. The third kappa shape index (κ3) is 5.10. The molecule has 1 heterocycles. The average Bonchev–Trinajstić information content (AvgIpc) is 2.25. The van der Waals surface area contributed by atoms with E-state index in [0.717, 1.165) is 6.42 Å². The maximum atomic E-state index is 13.6. The van der Waals surface area contributed by atoms with Gasteiger partial charge in [0.2, 0.25) is 0 Å². The van der Waals surface area contributed by atoms with Gasteiger partial charge in [0.25, 0.3) is 5.92 Å². The third-order valence-electron chi connectivity index (χ3n) is 3.31. The van der Waals surface area contributed by atoms with Crippen molar-refractivity contribution in [2.45, 2.75) is 38.7 Å². The van der Waals surface area contributed by atoms with Gasteiger partial charge in [-0.05, 0) is 25.0 Å². The van der Waals surface area contributed by atoms with Crippen LogP contribution in [0.3, 0.4) is 0 Å². The number of aliphatic carboxylic acids is 1. The molecule has 1 aliphatic rings. The fraction of sp³-hybridized carbons (Fsp3) is 0.917. The van der Waals surface area contributed by atoms with Gasteiger partial charge in [-0.15, -0.1) is 11.8 Å². The Bertz CT molecular complexity index is 289. The molecule has 1 N–H and O–H groups in total. The molecule has 2 atom stereocenters. The molecule has 1 saturated heterocycles. The molecule has 0 aromatic heterocycles. The van der Waals surface area contributed by atoms with Crippen molar-refractivity contribution in [1.29, 1.82) is 0 Å². The zero-order valence-corrected chi connectivity index (χ0v) is 11.7. The molecule has 0 aromatic carbocycles. The van der Waals surface area contributed by atoms with Gasteiger partial charge in [-0.2, -0.15) is 0 Å². The summed E-state index contributed by atoms with van der Waals surface area (Å²) in [7, 11) is 0. The molecule has 1 fully saturated rings. The highest BCUT2D eigenvalue weighted by molar-refractivity contribution is 7.99. The van der Waals surface area contributed by atoms with Gasteiger partial charge in [0.15, 0.2) is 0 Å².